The minimum atomic E-state index is -1.82. The molecule has 164 valence electrons. The Morgan fingerprint density at radius 2 is 1.68 bits per heavy atom. The maximum atomic E-state index is 12.1. The van der Waals surface area contributed by atoms with Gasteiger partial charge in [0.25, 0.3) is 5.91 Å². The standard InChI is InChI=1S/C21H22N2O8/c1-29-20(27)15-7-9-16(10-8-15)30-12-11-22-18(24)17(19(25)26)23-21(28)31-13-14-5-3-2-4-6-14/h2-10,17H,11-13H2,1H3,(H,22,24)(H,23,28)(H,25,26)/t17-/m0/s1. The Bertz CT molecular complexity index is 899. The number of aliphatic carboxylic acids is 1. The quantitative estimate of drug-likeness (QED) is 0.291. The number of ether oxygens (including phenoxy) is 3. The van der Waals surface area contributed by atoms with Gasteiger partial charge in [0.1, 0.15) is 19.0 Å². The van der Waals surface area contributed by atoms with Crippen LogP contribution in [0.1, 0.15) is 15.9 Å². The van der Waals surface area contributed by atoms with Crippen molar-refractivity contribution in [1.82, 2.24) is 10.6 Å². The third-order valence-electron chi connectivity index (χ3n) is 3.93. The molecule has 10 heteroatoms. The second-order valence-corrected chi connectivity index (χ2v) is 6.13. The Balaban J connectivity index is 1.75. The number of carboxylic acids is 1. The van der Waals surface area contributed by atoms with E-state index in [1.54, 1.807) is 42.5 Å². The molecule has 0 aliphatic rings. The molecule has 0 saturated heterocycles. The van der Waals surface area contributed by atoms with E-state index in [-0.39, 0.29) is 19.8 Å². The molecule has 0 unspecified atom stereocenters. The van der Waals surface area contributed by atoms with Gasteiger partial charge in [0.2, 0.25) is 6.04 Å². The Labute approximate surface area is 178 Å². The second-order valence-electron chi connectivity index (χ2n) is 6.13. The van der Waals surface area contributed by atoms with E-state index in [1.807, 2.05) is 5.32 Å². The summed E-state index contributed by atoms with van der Waals surface area (Å²) in [6, 6.07) is 13.1. The van der Waals surface area contributed by atoms with Gasteiger partial charge in [0.05, 0.1) is 19.2 Å². The number of carbonyl (C=O) groups excluding carboxylic acids is 3. The highest BCUT2D eigenvalue weighted by Crippen LogP contribution is 2.12. The molecule has 2 aromatic rings. The number of alkyl carbamates (subject to hydrolysis) is 1. The van der Waals surface area contributed by atoms with Crippen LogP contribution >= 0.6 is 0 Å². The number of rotatable bonds is 10. The van der Waals surface area contributed by atoms with Gasteiger partial charge in [-0.3, -0.25) is 10.1 Å². The zero-order valence-electron chi connectivity index (χ0n) is 16.7. The lowest BCUT2D eigenvalue weighted by Gasteiger charge is -2.15. The van der Waals surface area contributed by atoms with Crippen LogP contribution in [0.3, 0.4) is 0 Å². The van der Waals surface area contributed by atoms with E-state index in [9.17, 15) is 24.3 Å². The van der Waals surface area contributed by atoms with Crippen LogP contribution in [0, 0.1) is 0 Å². The van der Waals surface area contributed by atoms with Crippen LogP contribution in [0.2, 0.25) is 0 Å². The number of carboxylic acid groups (broad SMARTS) is 1. The molecule has 2 rings (SSSR count). The van der Waals surface area contributed by atoms with Crippen molar-refractivity contribution in [2.24, 2.45) is 0 Å². The molecular weight excluding hydrogens is 408 g/mol. The average Bonchev–Trinajstić information content (AvgIpc) is 2.79. The van der Waals surface area contributed by atoms with E-state index >= 15 is 0 Å². The lowest BCUT2D eigenvalue weighted by atomic mass is 10.2. The molecular formula is C21H22N2O8. The zero-order valence-corrected chi connectivity index (χ0v) is 16.7. The predicted molar refractivity (Wildman–Crippen MR) is 107 cm³/mol. The molecule has 0 radical (unpaired) electrons. The number of methoxy groups -OCH3 is 1. The Kier molecular flexibility index (Phi) is 8.84. The molecule has 10 nitrogen and oxygen atoms in total. The molecule has 0 aromatic heterocycles. The van der Waals surface area contributed by atoms with Crippen molar-refractivity contribution in [3.8, 4) is 5.75 Å². The summed E-state index contributed by atoms with van der Waals surface area (Å²) in [5, 5.41) is 13.6. The summed E-state index contributed by atoms with van der Waals surface area (Å²) in [5.74, 6) is -2.49. The van der Waals surface area contributed by atoms with Crippen LogP contribution in [-0.2, 0) is 25.7 Å². The van der Waals surface area contributed by atoms with Gasteiger partial charge in [-0.2, -0.15) is 0 Å². The van der Waals surface area contributed by atoms with Crippen LogP contribution < -0.4 is 15.4 Å². The first-order chi connectivity index (χ1) is 14.9. The molecule has 0 aliphatic heterocycles. The van der Waals surface area contributed by atoms with Gasteiger partial charge in [-0.15, -0.1) is 0 Å². The van der Waals surface area contributed by atoms with Gasteiger partial charge in [-0.05, 0) is 29.8 Å². The predicted octanol–water partition coefficient (Wildman–Crippen LogP) is 1.35. The number of hydrogen-bond donors (Lipinski definition) is 3. The molecule has 0 saturated carbocycles. The minimum absolute atomic E-state index is 0.0118. The Morgan fingerprint density at radius 3 is 2.29 bits per heavy atom. The third-order valence-corrected chi connectivity index (χ3v) is 3.93. The molecule has 0 spiro atoms. The SMILES string of the molecule is COC(=O)c1ccc(OCCNC(=O)[C@H](NC(=O)OCc2ccccc2)C(=O)O)cc1. The van der Waals surface area contributed by atoms with Crippen molar-refractivity contribution in [2.75, 3.05) is 20.3 Å². The lowest BCUT2D eigenvalue weighted by Crippen LogP contribution is -2.52. The molecule has 1 atom stereocenters. The first-order valence-corrected chi connectivity index (χ1v) is 9.19. The highest BCUT2D eigenvalue weighted by molar-refractivity contribution is 6.03. The monoisotopic (exact) mass is 430 g/mol. The van der Waals surface area contributed by atoms with E-state index in [0.29, 0.717) is 16.9 Å². The number of carbonyl (C=O) groups is 4. The van der Waals surface area contributed by atoms with Crippen molar-refractivity contribution in [1.29, 1.82) is 0 Å². The molecule has 31 heavy (non-hydrogen) atoms. The number of hydrogen-bond acceptors (Lipinski definition) is 7. The lowest BCUT2D eigenvalue weighted by molar-refractivity contribution is -0.143. The van der Waals surface area contributed by atoms with Crippen molar-refractivity contribution in [3.05, 3.63) is 65.7 Å². The highest BCUT2D eigenvalue weighted by atomic mass is 16.5. The van der Waals surface area contributed by atoms with E-state index in [1.165, 1.54) is 19.2 Å². The van der Waals surface area contributed by atoms with Gasteiger partial charge < -0.3 is 24.6 Å². The normalized spacial score (nSPS) is 11.0. The molecule has 0 bridgehead atoms. The smallest absolute Gasteiger partial charge is 0.408 e. The summed E-state index contributed by atoms with van der Waals surface area (Å²) in [6.07, 6.45) is -1.03. The van der Waals surface area contributed by atoms with Crippen LogP contribution in [0.15, 0.2) is 54.6 Å². The van der Waals surface area contributed by atoms with E-state index < -0.39 is 30.0 Å². The minimum Gasteiger partial charge on any atom is -0.492 e. The van der Waals surface area contributed by atoms with Gasteiger partial charge in [-0.1, -0.05) is 30.3 Å². The van der Waals surface area contributed by atoms with Crippen LogP contribution in [0.4, 0.5) is 4.79 Å². The molecule has 0 aliphatic carbocycles. The van der Waals surface area contributed by atoms with Gasteiger partial charge >= 0.3 is 18.0 Å². The van der Waals surface area contributed by atoms with E-state index in [0.717, 1.165) is 0 Å². The summed E-state index contributed by atoms with van der Waals surface area (Å²) in [4.78, 5) is 46.6. The Morgan fingerprint density at radius 1 is 1.00 bits per heavy atom. The van der Waals surface area contributed by atoms with E-state index in [2.05, 4.69) is 10.1 Å². The number of nitrogens with one attached hydrogen (secondary N) is 2. The maximum absolute atomic E-state index is 12.1. The first-order valence-electron chi connectivity index (χ1n) is 9.19. The van der Waals surface area contributed by atoms with Gasteiger partial charge in [-0.25, -0.2) is 14.4 Å². The zero-order chi connectivity index (χ0) is 22.6. The molecule has 2 amide bonds. The van der Waals surface area contributed by atoms with E-state index in [4.69, 9.17) is 9.47 Å². The number of benzene rings is 2. The summed E-state index contributed by atoms with van der Waals surface area (Å²) < 4.78 is 14.9. The fourth-order valence-electron chi connectivity index (χ4n) is 2.37. The van der Waals surface area contributed by atoms with Crippen molar-refractivity contribution < 1.29 is 38.5 Å². The molecule has 0 fully saturated rings. The molecule has 2 aromatic carbocycles. The largest absolute Gasteiger partial charge is 0.492 e. The molecule has 0 heterocycles. The fourth-order valence-corrected chi connectivity index (χ4v) is 2.37. The topological polar surface area (TPSA) is 140 Å². The maximum Gasteiger partial charge on any atom is 0.408 e. The summed E-state index contributed by atoms with van der Waals surface area (Å²) >= 11 is 0. The third kappa shape index (κ3) is 7.69. The second kappa shape index (κ2) is 11.8. The average molecular weight is 430 g/mol. The van der Waals surface area contributed by atoms with Crippen LogP contribution in [-0.4, -0.2) is 55.3 Å². The molecule has 3 N–H and O–H groups in total. The van der Waals surface area contributed by atoms with Crippen LogP contribution in [0.5, 0.6) is 5.75 Å². The highest BCUT2D eigenvalue weighted by Gasteiger charge is 2.28. The van der Waals surface area contributed by atoms with Crippen molar-refractivity contribution in [2.45, 2.75) is 12.6 Å². The number of esters is 1. The number of amides is 2. The van der Waals surface area contributed by atoms with Crippen molar-refractivity contribution >= 4 is 23.9 Å². The summed E-state index contributed by atoms with van der Waals surface area (Å²) in [7, 11) is 1.28. The van der Waals surface area contributed by atoms with Crippen LogP contribution in [0.25, 0.3) is 0 Å². The van der Waals surface area contributed by atoms with Crippen molar-refractivity contribution in [3.63, 3.8) is 0 Å². The summed E-state index contributed by atoms with van der Waals surface area (Å²) in [5.41, 5.74) is 1.07. The van der Waals surface area contributed by atoms with Gasteiger partial charge in [0.15, 0.2) is 0 Å². The summed E-state index contributed by atoms with van der Waals surface area (Å²) in [6.45, 7) is -0.0422. The van der Waals surface area contributed by atoms with Gasteiger partial charge in [0, 0.05) is 0 Å². The first kappa shape index (κ1) is 23.2. The Hall–Kier alpha value is -4.08. The fraction of sp³-hybridized carbons (Fsp3) is 0.238.